The smallest absolute Gasteiger partial charge is 0.147 e. The Hall–Kier alpha value is 1.30. The van der Waals surface area contributed by atoms with Crippen LogP contribution in [0.15, 0.2) is 0 Å². The summed E-state index contributed by atoms with van der Waals surface area (Å²) in [6.07, 6.45) is 0. The molecule has 0 radical (unpaired) electrons. The maximum atomic E-state index is 5.49. The zero-order valence-corrected chi connectivity index (χ0v) is 13.9. The Morgan fingerprint density at radius 1 is 0.600 bits per heavy atom. The first kappa shape index (κ1) is 21.6. The van der Waals surface area contributed by atoms with Crippen LogP contribution in [0.2, 0.25) is 0 Å². The van der Waals surface area contributed by atoms with Gasteiger partial charge in [-0.3, -0.25) is 0 Å². The minimum absolute atomic E-state index is 0. The first-order valence-electron chi connectivity index (χ1n) is 4.80. The van der Waals surface area contributed by atoms with Crippen LogP contribution < -0.4 is 0 Å². The summed E-state index contributed by atoms with van der Waals surface area (Å²) in [5.41, 5.74) is 0. The Morgan fingerprint density at radius 2 is 0.800 bits per heavy atom. The SMILES string of the molecule is CC[O][Zr]([O]CC)([O]CC)[O]CC.Cl.Cl. The van der Waals surface area contributed by atoms with Gasteiger partial charge >= 0.3 is 87.4 Å². The van der Waals surface area contributed by atoms with Crippen molar-refractivity contribution in [2.24, 2.45) is 0 Å². The standard InChI is InChI=1S/4C2H5O.2ClH.Zr/c4*1-2-3;;;/h4*2H2,1H3;2*1H;/q4*-1;;;+4. The molecule has 96 valence electrons. The van der Waals surface area contributed by atoms with Crippen LogP contribution in [0.4, 0.5) is 0 Å². The van der Waals surface area contributed by atoms with Crippen LogP contribution >= 0.6 is 24.8 Å². The van der Waals surface area contributed by atoms with Crippen LogP contribution in [0.3, 0.4) is 0 Å². The molecule has 0 aromatic rings. The van der Waals surface area contributed by atoms with Crippen molar-refractivity contribution in [3.8, 4) is 0 Å². The molecule has 0 saturated carbocycles. The third kappa shape index (κ3) is 9.05. The van der Waals surface area contributed by atoms with Gasteiger partial charge in [-0.05, 0) is 0 Å². The number of rotatable bonds is 8. The van der Waals surface area contributed by atoms with Gasteiger partial charge in [0.2, 0.25) is 0 Å². The van der Waals surface area contributed by atoms with E-state index in [-0.39, 0.29) is 24.8 Å². The van der Waals surface area contributed by atoms with E-state index in [4.69, 9.17) is 11.3 Å². The molecule has 0 aromatic heterocycles. The molecule has 0 fully saturated rings. The second-order valence-corrected chi connectivity index (χ2v) is 7.53. The third-order valence-corrected chi connectivity index (χ3v) is 7.60. The number of hydrogen-bond donors (Lipinski definition) is 0. The molecule has 0 aromatic carbocycles. The summed E-state index contributed by atoms with van der Waals surface area (Å²) in [5.74, 6) is 0. The van der Waals surface area contributed by atoms with Crippen molar-refractivity contribution in [1.82, 2.24) is 0 Å². The van der Waals surface area contributed by atoms with Gasteiger partial charge in [0.05, 0.1) is 0 Å². The van der Waals surface area contributed by atoms with E-state index in [0.29, 0.717) is 26.4 Å². The van der Waals surface area contributed by atoms with Crippen molar-refractivity contribution in [3.63, 3.8) is 0 Å². The monoisotopic (exact) mass is 342 g/mol. The molecular weight excluding hydrogens is 322 g/mol. The first-order chi connectivity index (χ1) is 6.24. The molecule has 0 aliphatic carbocycles. The fraction of sp³-hybridized carbons (Fsp3) is 1.00. The van der Waals surface area contributed by atoms with Gasteiger partial charge in [0, 0.05) is 0 Å². The van der Waals surface area contributed by atoms with Gasteiger partial charge in [-0.15, -0.1) is 24.8 Å². The van der Waals surface area contributed by atoms with Crippen molar-refractivity contribution in [3.05, 3.63) is 0 Å². The summed E-state index contributed by atoms with van der Waals surface area (Å²) in [7, 11) is 0. The van der Waals surface area contributed by atoms with Gasteiger partial charge < -0.3 is 0 Å². The van der Waals surface area contributed by atoms with Crippen LogP contribution in [-0.2, 0) is 33.3 Å². The largest absolute Gasteiger partial charge is 0.147 e. The van der Waals surface area contributed by atoms with Gasteiger partial charge in [0.1, 0.15) is 0 Å². The zero-order chi connectivity index (χ0) is 10.2. The van der Waals surface area contributed by atoms with E-state index in [1.807, 2.05) is 27.7 Å². The Balaban J connectivity index is -0.000000720. The fourth-order valence-corrected chi connectivity index (χ4v) is 5.66. The van der Waals surface area contributed by atoms with Crippen LogP contribution in [0, 0.1) is 0 Å². The van der Waals surface area contributed by atoms with Gasteiger partial charge in [-0.1, -0.05) is 0 Å². The molecule has 7 heteroatoms. The van der Waals surface area contributed by atoms with E-state index in [9.17, 15) is 0 Å². The maximum absolute atomic E-state index is 5.49. The number of hydrogen-bond acceptors (Lipinski definition) is 4. The van der Waals surface area contributed by atoms with Gasteiger partial charge in [-0.25, -0.2) is 0 Å². The molecule has 0 aliphatic rings. The van der Waals surface area contributed by atoms with E-state index in [2.05, 4.69) is 0 Å². The van der Waals surface area contributed by atoms with Crippen LogP contribution in [-0.4, -0.2) is 26.4 Å². The molecular formula is C8H22Cl2O4Zr. The summed E-state index contributed by atoms with van der Waals surface area (Å²) in [6, 6.07) is 0. The van der Waals surface area contributed by atoms with Crippen molar-refractivity contribution < 1.29 is 33.3 Å². The van der Waals surface area contributed by atoms with Crippen molar-refractivity contribution in [1.29, 1.82) is 0 Å². The van der Waals surface area contributed by atoms with Crippen LogP contribution in [0.5, 0.6) is 0 Å². The molecule has 0 aliphatic heterocycles. The average Bonchev–Trinajstić information content (AvgIpc) is 2.06. The van der Waals surface area contributed by atoms with Crippen LogP contribution in [0.1, 0.15) is 27.7 Å². The molecule has 0 N–H and O–H groups in total. The van der Waals surface area contributed by atoms with Crippen molar-refractivity contribution >= 4 is 24.8 Å². The molecule has 0 atom stereocenters. The molecule has 0 spiro atoms. The van der Waals surface area contributed by atoms with E-state index in [1.54, 1.807) is 0 Å². The predicted octanol–water partition coefficient (Wildman–Crippen LogP) is 2.79. The van der Waals surface area contributed by atoms with E-state index in [1.165, 1.54) is 0 Å². The Labute approximate surface area is 112 Å². The molecule has 0 rings (SSSR count). The summed E-state index contributed by atoms with van der Waals surface area (Å²) < 4.78 is 22.0. The normalized spacial score (nSPS) is 10.4. The molecule has 0 amide bonds. The minimum Gasteiger partial charge on any atom is -0.147 e. The Kier molecular flexibility index (Phi) is 19.2. The average molecular weight is 344 g/mol. The maximum Gasteiger partial charge on any atom is -0.147 e. The number of halogens is 2. The second-order valence-electron chi connectivity index (χ2n) is 2.23. The predicted molar refractivity (Wildman–Crippen MR) is 61.0 cm³/mol. The van der Waals surface area contributed by atoms with E-state index in [0.717, 1.165) is 0 Å². The second kappa shape index (κ2) is 13.4. The molecule has 0 unspecified atom stereocenters. The Bertz CT molecular complexity index is 99.7. The van der Waals surface area contributed by atoms with Gasteiger partial charge in [-0.2, -0.15) is 0 Å². The molecule has 15 heavy (non-hydrogen) atoms. The van der Waals surface area contributed by atoms with Crippen molar-refractivity contribution in [2.75, 3.05) is 26.4 Å². The fourth-order valence-electron chi connectivity index (χ4n) is 0.957. The Morgan fingerprint density at radius 3 is 0.933 bits per heavy atom. The van der Waals surface area contributed by atoms with Gasteiger partial charge in [0.25, 0.3) is 0 Å². The summed E-state index contributed by atoms with van der Waals surface area (Å²) in [5, 5.41) is 0. The molecule has 0 saturated heterocycles. The van der Waals surface area contributed by atoms with Crippen LogP contribution in [0.25, 0.3) is 0 Å². The zero-order valence-electron chi connectivity index (χ0n) is 9.78. The summed E-state index contributed by atoms with van der Waals surface area (Å²) >= 11 is -3.56. The van der Waals surface area contributed by atoms with E-state index >= 15 is 0 Å². The van der Waals surface area contributed by atoms with E-state index < -0.39 is 22.0 Å². The topological polar surface area (TPSA) is 36.9 Å². The quantitative estimate of drug-likeness (QED) is 0.679. The molecule has 0 heterocycles. The molecule has 4 nitrogen and oxygen atoms in total. The van der Waals surface area contributed by atoms with Crippen molar-refractivity contribution in [2.45, 2.75) is 27.7 Å². The first-order valence-corrected chi connectivity index (χ1v) is 8.81. The summed E-state index contributed by atoms with van der Waals surface area (Å²) in [4.78, 5) is 0. The minimum atomic E-state index is -3.56. The summed E-state index contributed by atoms with van der Waals surface area (Å²) in [6.45, 7) is 10.00. The third-order valence-electron chi connectivity index (χ3n) is 1.28. The molecule has 0 bridgehead atoms. The van der Waals surface area contributed by atoms with Gasteiger partial charge in [0.15, 0.2) is 0 Å².